The Hall–Kier alpha value is -2.61. The first kappa shape index (κ1) is 15.3. The van der Waals surface area contributed by atoms with Gasteiger partial charge in [0, 0.05) is 4.47 Å². The number of carbonyl (C=O) groups is 1. The van der Waals surface area contributed by atoms with Crippen LogP contribution in [0.2, 0.25) is 0 Å². The van der Waals surface area contributed by atoms with E-state index < -0.39 is 11.4 Å². The molecule has 0 saturated carbocycles. The highest BCUT2D eigenvalue weighted by atomic mass is 79.9. The largest absolute Gasteiger partial charge is 0.461 e. The monoisotopic (exact) mass is 374 g/mol. The van der Waals surface area contributed by atoms with Crippen LogP contribution in [0.15, 0.2) is 46.2 Å². The molecular weight excluding hydrogens is 364 g/mol. The minimum atomic E-state index is -0.763. The van der Waals surface area contributed by atoms with E-state index in [1.165, 1.54) is 11.0 Å². The van der Waals surface area contributed by atoms with Crippen LogP contribution in [0.3, 0.4) is 0 Å². The van der Waals surface area contributed by atoms with Crippen LogP contribution in [0.1, 0.15) is 17.4 Å². The number of esters is 1. The summed E-state index contributed by atoms with van der Waals surface area (Å²) < 4.78 is 6.95. The van der Waals surface area contributed by atoms with Gasteiger partial charge in [0.05, 0.1) is 29.9 Å². The van der Waals surface area contributed by atoms with Gasteiger partial charge in [0.25, 0.3) is 0 Å². The molecule has 0 radical (unpaired) electrons. The van der Waals surface area contributed by atoms with Gasteiger partial charge in [-0.3, -0.25) is 4.79 Å². The Bertz CT molecular complexity index is 941. The van der Waals surface area contributed by atoms with Crippen molar-refractivity contribution in [1.82, 2.24) is 19.7 Å². The summed E-state index contributed by atoms with van der Waals surface area (Å²) in [6.45, 7) is 1.82. The number of hydrogen-bond donors (Lipinski definition) is 0. The average Bonchev–Trinajstić information content (AvgIpc) is 2.56. The molecule has 8 heteroatoms. The fraction of sp³-hybridized carbons (Fsp3) is 0.133. The number of nitrogens with zero attached hydrogens (tertiary/aromatic N) is 4. The van der Waals surface area contributed by atoms with Crippen molar-refractivity contribution in [3.63, 3.8) is 0 Å². The highest BCUT2D eigenvalue weighted by Crippen LogP contribution is 2.22. The lowest BCUT2D eigenvalue weighted by Gasteiger charge is -2.11. The van der Waals surface area contributed by atoms with Crippen molar-refractivity contribution in [2.75, 3.05) is 6.61 Å². The Morgan fingerprint density at radius 3 is 2.74 bits per heavy atom. The summed E-state index contributed by atoms with van der Waals surface area (Å²) >= 11 is 3.35. The number of hydrogen-bond acceptors (Lipinski definition) is 6. The van der Waals surface area contributed by atoms with Gasteiger partial charge in [-0.25, -0.2) is 19.4 Å². The van der Waals surface area contributed by atoms with E-state index >= 15 is 0 Å². The van der Waals surface area contributed by atoms with E-state index in [1.807, 2.05) is 0 Å². The molecule has 2 heterocycles. The molecule has 0 fully saturated rings. The number of carbonyl (C=O) groups excluding carboxylic acids is 1. The second kappa shape index (κ2) is 6.25. The lowest BCUT2D eigenvalue weighted by molar-refractivity contribution is 0.0516. The van der Waals surface area contributed by atoms with Gasteiger partial charge in [0.1, 0.15) is 12.0 Å². The summed E-state index contributed by atoms with van der Waals surface area (Å²) in [4.78, 5) is 32.6. The molecule has 0 unspecified atom stereocenters. The Labute approximate surface area is 139 Å². The zero-order chi connectivity index (χ0) is 16.4. The molecule has 3 rings (SSSR count). The van der Waals surface area contributed by atoms with Crippen molar-refractivity contribution in [2.45, 2.75) is 6.92 Å². The van der Waals surface area contributed by atoms with Gasteiger partial charge in [-0.1, -0.05) is 6.07 Å². The number of aromatic nitrogens is 4. The smallest absolute Gasteiger partial charge is 0.362 e. The molecule has 0 bridgehead atoms. The lowest BCUT2D eigenvalue weighted by Crippen LogP contribution is -2.24. The molecule has 0 aliphatic carbocycles. The summed E-state index contributed by atoms with van der Waals surface area (Å²) in [5.41, 5.74) is 0.294. The number of benzene rings is 1. The van der Waals surface area contributed by atoms with E-state index in [0.717, 1.165) is 0 Å². The van der Waals surface area contributed by atoms with Crippen LogP contribution < -0.4 is 5.43 Å². The zero-order valence-corrected chi connectivity index (χ0v) is 13.6. The molecule has 7 nitrogen and oxygen atoms in total. The molecule has 1 aromatic carbocycles. The molecule has 3 aromatic rings. The first-order valence-electron chi connectivity index (χ1n) is 6.77. The SMILES string of the molecule is CCOC(=O)c1nn(-c2cncnc2)c2cccc(Br)c2c1=O. The van der Waals surface area contributed by atoms with Crippen LogP contribution >= 0.6 is 15.9 Å². The van der Waals surface area contributed by atoms with Crippen LogP contribution in [0.5, 0.6) is 0 Å². The van der Waals surface area contributed by atoms with E-state index in [0.29, 0.717) is 21.1 Å². The van der Waals surface area contributed by atoms with Crippen LogP contribution in [0.25, 0.3) is 16.6 Å². The van der Waals surface area contributed by atoms with Gasteiger partial charge >= 0.3 is 5.97 Å². The van der Waals surface area contributed by atoms with E-state index in [2.05, 4.69) is 31.0 Å². The molecule has 0 saturated heterocycles. The Balaban J connectivity index is 2.40. The Morgan fingerprint density at radius 2 is 2.04 bits per heavy atom. The maximum atomic E-state index is 12.6. The molecule has 116 valence electrons. The van der Waals surface area contributed by atoms with E-state index in [-0.39, 0.29) is 12.3 Å². The average molecular weight is 375 g/mol. The molecule has 23 heavy (non-hydrogen) atoms. The van der Waals surface area contributed by atoms with Gasteiger partial charge in [0.2, 0.25) is 11.1 Å². The molecule has 0 atom stereocenters. The van der Waals surface area contributed by atoms with E-state index in [4.69, 9.17) is 4.74 Å². The molecule has 0 spiro atoms. The van der Waals surface area contributed by atoms with Crippen molar-refractivity contribution in [2.24, 2.45) is 0 Å². The number of ether oxygens (including phenoxy) is 1. The standard InChI is InChI=1S/C15H11BrN4O3/c1-2-23-15(22)13-14(21)12-10(16)4-3-5-11(12)20(19-13)9-6-17-8-18-7-9/h3-8H,2H2,1H3. The summed E-state index contributed by atoms with van der Waals surface area (Å²) in [7, 11) is 0. The third-order valence-electron chi connectivity index (χ3n) is 3.12. The van der Waals surface area contributed by atoms with Crippen molar-refractivity contribution < 1.29 is 9.53 Å². The van der Waals surface area contributed by atoms with Crippen LogP contribution in [0, 0.1) is 0 Å². The number of halogens is 1. The summed E-state index contributed by atoms with van der Waals surface area (Å²) in [6, 6.07) is 5.23. The lowest BCUT2D eigenvalue weighted by atomic mass is 10.2. The molecule has 0 aliphatic heterocycles. The quantitative estimate of drug-likeness (QED) is 0.652. The van der Waals surface area contributed by atoms with Gasteiger partial charge in [-0.05, 0) is 35.0 Å². The molecule has 0 amide bonds. The molecular formula is C15H11BrN4O3. The van der Waals surface area contributed by atoms with Gasteiger partial charge < -0.3 is 4.74 Å². The zero-order valence-electron chi connectivity index (χ0n) is 12.1. The van der Waals surface area contributed by atoms with E-state index in [1.54, 1.807) is 37.5 Å². The predicted molar refractivity (Wildman–Crippen MR) is 86.6 cm³/mol. The summed E-state index contributed by atoms with van der Waals surface area (Å²) in [6.07, 6.45) is 4.47. The third kappa shape index (κ3) is 2.72. The van der Waals surface area contributed by atoms with E-state index in [9.17, 15) is 9.59 Å². The molecule has 0 N–H and O–H groups in total. The van der Waals surface area contributed by atoms with Gasteiger partial charge in [-0.2, -0.15) is 5.10 Å². The Morgan fingerprint density at radius 1 is 1.30 bits per heavy atom. The predicted octanol–water partition coefficient (Wildman–Crippen LogP) is 2.11. The van der Waals surface area contributed by atoms with Crippen LogP contribution in [-0.2, 0) is 4.74 Å². The summed E-state index contributed by atoms with van der Waals surface area (Å²) in [5.74, 6) is -0.763. The second-order valence-corrected chi connectivity index (χ2v) is 5.39. The fourth-order valence-electron chi connectivity index (χ4n) is 2.16. The minimum absolute atomic E-state index is 0.155. The maximum Gasteiger partial charge on any atom is 0.362 e. The van der Waals surface area contributed by atoms with Crippen LogP contribution in [-0.4, -0.2) is 32.3 Å². The minimum Gasteiger partial charge on any atom is -0.461 e. The third-order valence-corrected chi connectivity index (χ3v) is 3.78. The normalized spacial score (nSPS) is 10.7. The number of rotatable bonds is 3. The molecule has 2 aromatic heterocycles. The van der Waals surface area contributed by atoms with Crippen molar-refractivity contribution in [1.29, 1.82) is 0 Å². The first-order valence-corrected chi connectivity index (χ1v) is 7.57. The first-order chi connectivity index (χ1) is 11.1. The highest BCUT2D eigenvalue weighted by molar-refractivity contribution is 9.10. The fourth-order valence-corrected chi connectivity index (χ4v) is 2.70. The van der Waals surface area contributed by atoms with Gasteiger partial charge in [-0.15, -0.1) is 0 Å². The van der Waals surface area contributed by atoms with Crippen LogP contribution in [0.4, 0.5) is 0 Å². The number of fused-ring (bicyclic) bond motifs is 1. The van der Waals surface area contributed by atoms with Crippen molar-refractivity contribution in [3.05, 3.63) is 57.3 Å². The van der Waals surface area contributed by atoms with Gasteiger partial charge in [0.15, 0.2) is 0 Å². The second-order valence-electron chi connectivity index (χ2n) is 4.54. The topological polar surface area (TPSA) is 87.0 Å². The maximum absolute atomic E-state index is 12.6. The Kier molecular flexibility index (Phi) is 4.16. The highest BCUT2D eigenvalue weighted by Gasteiger charge is 2.20. The van der Waals surface area contributed by atoms with Crippen molar-refractivity contribution in [3.8, 4) is 5.69 Å². The van der Waals surface area contributed by atoms with Crippen molar-refractivity contribution >= 4 is 32.8 Å². The molecule has 0 aliphatic rings. The summed E-state index contributed by atoms with van der Waals surface area (Å²) in [5, 5.41) is 4.50.